The highest BCUT2D eigenvalue weighted by atomic mass is 35.5. The maximum atomic E-state index is 6.27. The predicted octanol–water partition coefficient (Wildman–Crippen LogP) is 4.34. The largest absolute Gasteiger partial charge is 0.451 e. The summed E-state index contributed by atoms with van der Waals surface area (Å²) in [4.78, 5) is 6.46. The zero-order chi connectivity index (χ0) is 17.2. The highest BCUT2D eigenvalue weighted by Crippen LogP contribution is 2.48. The second-order valence-corrected chi connectivity index (χ2v) is 7.20. The molecular weight excluding hydrogens is 336 g/mol. The van der Waals surface area contributed by atoms with E-state index in [9.17, 15) is 0 Å². The topological polar surface area (TPSA) is 63.4 Å². The normalized spacial score (nSPS) is 19.1. The molecule has 0 amide bonds. The third-order valence-corrected chi connectivity index (χ3v) is 5.36. The highest BCUT2D eigenvalue weighted by molar-refractivity contribution is 6.33. The number of hydrogen-bond donors (Lipinski definition) is 2. The second kappa shape index (κ2) is 7.10. The molecular formula is C19H23ClN4O. The molecule has 25 heavy (non-hydrogen) atoms. The molecule has 2 aliphatic rings. The summed E-state index contributed by atoms with van der Waals surface area (Å²) in [7, 11) is 0. The summed E-state index contributed by atoms with van der Waals surface area (Å²) in [6.07, 6.45) is 8.51. The number of rotatable bonds is 4. The molecule has 5 nitrogen and oxygen atoms in total. The Balaban J connectivity index is 1.56. The van der Waals surface area contributed by atoms with E-state index in [1.807, 2.05) is 12.1 Å². The molecule has 1 aromatic heterocycles. The molecule has 0 saturated carbocycles. The Morgan fingerprint density at radius 2 is 2.24 bits per heavy atom. The summed E-state index contributed by atoms with van der Waals surface area (Å²) in [5.41, 5.74) is 8.49. The van der Waals surface area contributed by atoms with Crippen molar-refractivity contribution in [3.63, 3.8) is 0 Å². The van der Waals surface area contributed by atoms with E-state index in [-0.39, 0.29) is 0 Å². The van der Waals surface area contributed by atoms with E-state index in [0.717, 1.165) is 54.8 Å². The Morgan fingerprint density at radius 3 is 3.08 bits per heavy atom. The molecule has 0 aliphatic carbocycles. The first kappa shape index (κ1) is 16.5. The monoisotopic (exact) mass is 358 g/mol. The maximum Gasteiger partial charge on any atom is 0.169 e. The fraction of sp³-hybridized carbons (Fsp3) is 0.421. The average molecular weight is 359 g/mol. The SMILES string of the molecule is Nc1cc2c(cc1Cl)N(CCC[C@@H]1CCCNC1)c1ccncc1O2. The van der Waals surface area contributed by atoms with Crippen LogP contribution in [0.1, 0.15) is 25.7 Å². The minimum Gasteiger partial charge on any atom is -0.451 e. The quantitative estimate of drug-likeness (QED) is 0.796. The van der Waals surface area contributed by atoms with E-state index in [4.69, 9.17) is 22.1 Å². The van der Waals surface area contributed by atoms with Gasteiger partial charge in [0.2, 0.25) is 0 Å². The second-order valence-electron chi connectivity index (χ2n) is 6.79. The highest BCUT2D eigenvalue weighted by Gasteiger charge is 2.25. The number of aromatic nitrogens is 1. The van der Waals surface area contributed by atoms with Crippen LogP contribution >= 0.6 is 11.6 Å². The number of ether oxygens (including phenoxy) is 1. The van der Waals surface area contributed by atoms with Crippen LogP contribution in [0.25, 0.3) is 0 Å². The van der Waals surface area contributed by atoms with Crippen LogP contribution in [0.4, 0.5) is 17.1 Å². The van der Waals surface area contributed by atoms with Gasteiger partial charge in [-0.1, -0.05) is 11.6 Å². The van der Waals surface area contributed by atoms with Crippen molar-refractivity contribution in [2.75, 3.05) is 30.3 Å². The molecule has 1 atom stereocenters. The van der Waals surface area contributed by atoms with Crippen molar-refractivity contribution in [1.82, 2.24) is 10.3 Å². The summed E-state index contributed by atoms with van der Waals surface area (Å²) in [6.45, 7) is 3.22. The van der Waals surface area contributed by atoms with Gasteiger partial charge >= 0.3 is 0 Å². The van der Waals surface area contributed by atoms with Crippen molar-refractivity contribution < 1.29 is 4.74 Å². The van der Waals surface area contributed by atoms with Crippen molar-refractivity contribution in [1.29, 1.82) is 0 Å². The van der Waals surface area contributed by atoms with Crippen LogP contribution in [0, 0.1) is 5.92 Å². The number of hydrogen-bond acceptors (Lipinski definition) is 5. The van der Waals surface area contributed by atoms with E-state index >= 15 is 0 Å². The van der Waals surface area contributed by atoms with Crippen LogP contribution in [0.3, 0.4) is 0 Å². The molecule has 3 heterocycles. The lowest BCUT2D eigenvalue weighted by atomic mass is 9.94. The van der Waals surface area contributed by atoms with Gasteiger partial charge in [0, 0.05) is 18.8 Å². The van der Waals surface area contributed by atoms with E-state index in [1.165, 1.54) is 19.3 Å². The number of anilines is 3. The summed E-state index contributed by atoms with van der Waals surface area (Å²) in [6, 6.07) is 5.69. The summed E-state index contributed by atoms with van der Waals surface area (Å²) >= 11 is 6.27. The molecule has 2 aliphatic heterocycles. The summed E-state index contributed by atoms with van der Waals surface area (Å²) < 4.78 is 5.99. The van der Waals surface area contributed by atoms with Gasteiger partial charge in [0.1, 0.15) is 0 Å². The first-order chi connectivity index (χ1) is 12.2. The number of pyridine rings is 1. The van der Waals surface area contributed by atoms with Crippen molar-refractivity contribution in [2.24, 2.45) is 5.92 Å². The van der Waals surface area contributed by atoms with Crippen molar-refractivity contribution in [2.45, 2.75) is 25.7 Å². The minimum atomic E-state index is 0.529. The molecule has 1 fully saturated rings. The van der Waals surface area contributed by atoms with Gasteiger partial charge in [-0.15, -0.1) is 0 Å². The van der Waals surface area contributed by atoms with Crippen LogP contribution in [-0.2, 0) is 0 Å². The number of nitrogen functional groups attached to an aromatic ring is 1. The van der Waals surface area contributed by atoms with Gasteiger partial charge in [0.25, 0.3) is 0 Å². The lowest BCUT2D eigenvalue weighted by molar-refractivity contribution is 0.352. The fourth-order valence-corrected chi connectivity index (χ4v) is 3.88. The Hall–Kier alpha value is -1.98. The van der Waals surface area contributed by atoms with Crippen LogP contribution < -0.4 is 20.7 Å². The molecule has 2 aromatic rings. The predicted molar refractivity (Wildman–Crippen MR) is 102 cm³/mol. The number of nitrogens with one attached hydrogen (secondary N) is 1. The fourth-order valence-electron chi connectivity index (χ4n) is 3.72. The standard InChI is InChI=1S/C19H23ClN4O/c20-14-9-17-18(10-15(14)21)25-19-12-23-7-5-16(19)24(17)8-2-4-13-3-1-6-22-11-13/h5,7,9-10,12-13,22H,1-4,6,8,11,21H2/t13-/m0/s1. The zero-order valence-corrected chi connectivity index (χ0v) is 14.9. The zero-order valence-electron chi connectivity index (χ0n) is 14.2. The molecule has 1 aromatic carbocycles. The van der Waals surface area contributed by atoms with Crippen LogP contribution in [0.2, 0.25) is 5.02 Å². The molecule has 4 rings (SSSR count). The van der Waals surface area contributed by atoms with Crippen molar-refractivity contribution in [3.05, 3.63) is 35.6 Å². The molecule has 3 N–H and O–H groups in total. The van der Waals surface area contributed by atoms with Crippen LogP contribution in [0.5, 0.6) is 11.5 Å². The molecule has 0 unspecified atom stereocenters. The van der Waals surface area contributed by atoms with Crippen LogP contribution in [0.15, 0.2) is 30.6 Å². The van der Waals surface area contributed by atoms with Crippen molar-refractivity contribution >= 4 is 28.7 Å². The molecule has 0 spiro atoms. The van der Waals surface area contributed by atoms with Gasteiger partial charge in [-0.05, 0) is 56.8 Å². The van der Waals surface area contributed by atoms with E-state index in [2.05, 4.69) is 15.2 Å². The van der Waals surface area contributed by atoms with Gasteiger partial charge in [-0.25, -0.2) is 0 Å². The Morgan fingerprint density at radius 1 is 1.32 bits per heavy atom. The maximum absolute atomic E-state index is 6.27. The van der Waals surface area contributed by atoms with Crippen molar-refractivity contribution in [3.8, 4) is 11.5 Å². The van der Waals surface area contributed by atoms with Gasteiger partial charge in [0.15, 0.2) is 11.5 Å². The average Bonchev–Trinajstić information content (AvgIpc) is 2.63. The van der Waals surface area contributed by atoms with Gasteiger partial charge in [0.05, 0.1) is 28.3 Å². The summed E-state index contributed by atoms with van der Waals surface area (Å²) in [5, 5.41) is 4.05. The number of fused-ring (bicyclic) bond motifs is 2. The minimum absolute atomic E-state index is 0.529. The lowest BCUT2D eigenvalue weighted by Gasteiger charge is -2.33. The Bertz CT molecular complexity index is 761. The number of piperidine rings is 1. The van der Waals surface area contributed by atoms with E-state index < -0.39 is 0 Å². The molecule has 132 valence electrons. The van der Waals surface area contributed by atoms with E-state index in [0.29, 0.717) is 10.7 Å². The third-order valence-electron chi connectivity index (χ3n) is 5.04. The first-order valence-electron chi connectivity index (χ1n) is 8.91. The smallest absolute Gasteiger partial charge is 0.169 e. The van der Waals surface area contributed by atoms with Crippen LogP contribution in [-0.4, -0.2) is 24.6 Å². The molecule has 1 saturated heterocycles. The van der Waals surface area contributed by atoms with Gasteiger partial charge < -0.3 is 20.7 Å². The van der Waals surface area contributed by atoms with Gasteiger partial charge in [-0.3, -0.25) is 4.98 Å². The van der Waals surface area contributed by atoms with Gasteiger partial charge in [-0.2, -0.15) is 0 Å². The Labute approximate surface area is 153 Å². The van der Waals surface area contributed by atoms with E-state index in [1.54, 1.807) is 18.5 Å². The molecule has 0 bridgehead atoms. The number of benzene rings is 1. The first-order valence-corrected chi connectivity index (χ1v) is 9.29. The Kier molecular flexibility index (Phi) is 4.68. The molecule has 6 heteroatoms. The lowest BCUT2D eigenvalue weighted by Crippen LogP contribution is -2.30. The molecule has 0 radical (unpaired) electrons. The number of nitrogens with zero attached hydrogens (tertiary/aromatic N) is 2. The third kappa shape index (κ3) is 3.39. The number of nitrogens with two attached hydrogens (primary N) is 1. The summed E-state index contributed by atoms with van der Waals surface area (Å²) in [5.74, 6) is 2.28. The number of halogens is 1.